The van der Waals surface area contributed by atoms with Gasteiger partial charge in [0.2, 0.25) is 11.8 Å². The lowest BCUT2D eigenvalue weighted by Gasteiger charge is -2.43. The number of rotatable bonds is 4. The molecule has 6 heteroatoms. The van der Waals surface area contributed by atoms with E-state index in [2.05, 4.69) is 14.8 Å². The standard InChI is InChI=1S/C20H28ClN3O2/c21-16-6-9-19(22-14-16)26-18-7-4-15(5-8-18)20(25)24-12-10-23(11-13-24)17-2-1-3-17/h6,9,14-15,17-18H,1-5,7-8,10-13H2/t15-,18+. The number of amides is 1. The van der Waals surface area contributed by atoms with Gasteiger partial charge in [-0.1, -0.05) is 18.0 Å². The molecule has 0 spiro atoms. The smallest absolute Gasteiger partial charge is 0.225 e. The molecule has 0 N–H and O–H groups in total. The summed E-state index contributed by atoms with van der Waals surface area (Å²) in [7, 11) is 0. The molecular weight excluding hydrogens is 350 g/mol. The Morgan fingerprint density at radius 2 is 1.77 bits per heavy atom. The molecule has 26 heavy (non-hydrogen) atoms. The minimum atomic E-state index is 0.156. The third kappa shape index (κ3) is 4.15. The summed E-state index contributed by atoms with van der Waals surface area (Å²) >= 11 is 5.86. The zero-order chi connectivity index (χ0) is 17.9. The molecule has 1 saturated heterocycles. The number of pyridine rings is 1. The van der Waals surface area contributed by atoms with Crippen molar-refractivity contribution in [3.8, 4) is 5.88 Å². The summed E-state index contributed by atoms with van der Waals surface area (Å²) in [6.45, 7) is 3.91. The van der Waals surface area contributed by atoms with E-state index in [0.717, 1.165) is 57.9 Å². The van der Waals surface area contributed by atoms with Crippen LogP contribution in [0, 0.1) is 5.92 Å². The highest BCUT2D eigenvalue weighted by Crippen LogP contribution is 2.30. The third-order valence-corrected chi connectivity index (χ3v) is 6.45. The first-order chi connectivity index (χ1) is 12.7. The van der Waals surface area contributed by atoms with Crippen LogP contribution < -0.4 is 4.74 Å². The van der Waals surface area contributed by atoms with Crippen molar-refractivity contribution in [2.45, 2.75) is 57.1 Å². The highest BCUT2D eigenvalue weighted by molar-refractivity contribution is 6.30. The molecule has 2 heterocycles. The molecule has 0 radical (unpaired) electrons. The molecule has 0 unspecified atom stereocenters. The number of carbonyl (C=O) groups excluding carboxylic acids is 1. The van der Waals surface area contributed by atoms with Gasteiger partial charge in [0.25, 0.3) is 0 Å². The molecule has 0 aromatic carbocycles. The van der Waals surface area contributed by atoms with Crippen molar-refractivity contribution in [2.75, 3.05) is 26.2 Å². The molecule has 4 rings (SSSR count). The molecule has 2 saturated carbocycles. The maximum Gasteiger partial charge on any atom is 0.225 e. The number of carbonyl (C=O) groups is 1. The Hall–Kier alpha value is -1.33. The van der Waals surface area contributed by atoms with Crippen molar-refractivity contribution < 1.29 is 9.53 Å². The lowest BCUT2D eigenvalue weighted by atomic mass is 9.86. The van der Waals surface area contributed by atoms with E-state index in [1.807, 2.05) is 0 Å². The Balaban J connectivity index is 1.21. The molecular formula is C20H28ClN3O2. The van der Waals surface area contributed by atoms with Crippen molar-refractivity contribution in [3.63, 3.8) is 0 Å². The van der Waals surface area contributed by atoms with E-state index < -0.39 is 0 Å². The molecule has 142 valence electrons. The fourth-order valence-electron chi connectivity index (χ4n) is 4.35. The van der Waals surface area contributed by atoms with Gasteiger partial charge in [0.1, 0.15) is 6.10 Å². The van der Waals surface area contributed by atoms with Crippen molar-refractivity contribution in [1.82, 2.24) is 14.8 Å². The molecule has 3 fully saturated rings. The summed E-state index contributed by atoms with van der Waals surface area (Å²) in [5.74, 6) is 1.15. The van der Waals surface area contributed by atoms with Crippen LogP contribution in [0.15, 0.2) is 18.3 Å². The van der Waals surface area contributed by atoms with Crippen LogP contribution in [-0.4, -0.2) is 59.0 Å². The van der Waals surface area contributed by atoms with E-state index in [0.29, 0.717) is 16.8 Å². The van der Waals surface area contributed by atoms with Gasteiger partial charge in [-0.2, -0.15) is 0 Å². The number of piperazine rings is 1. The number of hydrogen-bond acceptors (Lipinski definition) is 4. The van der Waals surface area contributed by atoms with Gasteiger partial charge in [0.15, 0.2) is 0 Å². The summed E-state index contributed by atoms with van der Waals surface area (Å²) in [5, 5.41) is 0.615. The fourth-order valence-corrected chi connectivity index (χ4v) is 4.46. The molecule has 5 nitrogen and oxygen atoms in total. The zero-order valence-electron chi connectivity index (χ0n) is 15.3. The van der Waals surface area contributed by atoms with E-state index >= 15 is 0 Å². The summed E-state index contributed by atoms with van der Waals surface area (Å²) in [6, 6.07) is 4.39. The molecule has 2 aliphatic carbocycles. The van der Waals surface area contributed by atoms with Gasteiger partial charge < -0.3 is 9.64 Å². The van der Waals surface area contributed by atoms with Gasteiger partial charge in [0.05, 0.1) is 5.02 Å². The van der Waals surface area contributed by atoms with Crippen molar-refractivity contribution in [1.29, 1.82) is 0 Å². The van der Waals surface area contributed by atoms with E-state index in [1.165, 1.54) is 19.3 Å². The van der Waals surface area contributed by atoms with Gasteiger partial charge in [-0.05, 0) is 44.6 Å². The van der Waals surface area contributed by atoms with E-state index in [9.17, 15) is 4.79 Å². The Labute approximate surface area is 160 Å². The fraction of sp³-hybridized carbons (Fsp3) is 0.700. The Kier molecular flexibility index (Phi) is 5.65. The third-order valence-electron chi connectivity index (χ3n) is 6.23. The maximum absolute atomic E-state index is 12.9. The first-order valence-electron chi connectivity index (χ1n) is 10.00. The second kappa shape index (κ2) is 8.13. The average Bonchev–Trinajstić information content (AvgIpc) is 2.63. The van der Waals surface area contributed by atoms with Crippen LogP contribution in [0.4, 0.5) is 0 Å². The molecule has 1 aliphatic heterocycles. The maximum atomic E-state index is 12.9. The van der Waals surface area contributed by atoms with Crippen molar-refractivity contribution in [2.24, 2.45) is 5.92 Å². The van der Waals surface area contributed by atoms with Crippen LogP contribution in [0.5, 0.6) is 5.88 Å². The highest BCUT2D eigenvalue weighted by atomic mass is 35.5. The van der Waals surface area contributed by atoms with Gasteiger partial charge in [-0.3, -0.25) is 9.69 Å². The molecule has 3 aliphatic rings. The summed E-state index contributed by atoms with van der Waals surface area (Å²) < 4.78 is 5.94. The summed E-state index contributed by atoms with van der Waals surface area (Å²) in [6.07, 6.45) is 9.51. The number of ether oxygens (including phenoxy) is 1. The van der Waals surface area contributed by atoms with Crippen molar-refractivity contribution >= 4 is 17.5 Å². The SMILES string of the molecule is O=C([C@H]1CC[C@@H](Oc2ccc(Cl)cn2)CC1)N1CCN(C2CCC2)CC1. The molecule has 1 amide bonds. The highest BCUT2D eigenvalue weighted by Gasteiger charge is 2.33. The van der Waals surface area contributed by atoms with Crippen LogP contribution in [-0.2, 0) is 4.79 Å². The lowest BCUT2D eigenvalue weighted by molar-refractivity contribution is -0.139. The molecule has 0 bridgehead atoms. The second-order valence-corrected chi connectivity index (χ2v) is 8.29. The van der Waals surface area contributed by atoms with Crippen LogP contribution >= 0.6 is 11.6 Å². The number of halogens is 1. The van der Waals surface area contributed by atoms with Crippen LogP contribution in [0.3, 0.4) is 0 Å². The first kappa shape index (κ1) is 18.1. The van der Waals surface area contributed by atoms with E-state index in [4.69, 9.17) is 16.3 Å². The topological polar surface area (TPSA) is 45.7 Å². The minimum absolute atomic E-state index is 0.156. The quantitative estimate of drug-likeness (QED) is 0.807. The molecule has 1 aromatic rings. The lowest BCUT2D eigenvalue weighted by Crippen LogP contribution is -2.54. The van der Waals surface area contributed by atoms with Gasteiger partial charge in [-0.25, -0.2) is 4.98 Å². The number of aromatic nitrogens is 1. The Morgan fingerprint density at radius 1 is 1.04 bits per heavy atom. The normalized spacial score (nSPS) is 27.8. The summed E-state index contributed by atoms with van der Waals surface area (Å²) in [5.41, 5.74) is 0. The monoisotopic (exact) mass is 377 g/mol. The van der Waals surface area contributed by atoms with Crippen LogP contribution in [0.25, 0.3) is 0 Å². The van der Waals surface area contributed by atoms with Crippen molar-refractivity contribution in [3.05, 3.63) is 23.4 Å². The van der Waals surface area contributed by atoms with Crippen LogP contribution in [0.1, 0.15) is 44.9 Å². The van der Waals surface area contributed by atoms with Crippen LogP contribution in [0.2, 0.25) is 5.02 Å². The van der Waals surface area contributed by atoms with Gasteiger partial charge >= 0.3 is 0 Å². The second-order valence-electron chi connectivity index (χ2n) is 7.85. The Morgan fingerprint density at radius 3 is 2.35 bits per heavy atom. The number of nitrogens with zero attached hydrogens (tertiary/aromatic N) is 3. The molecule has 1 aromatic heterocycles. The average molecular weight is 378 g/mol. The first-order valence-corrected chi connectivity index (χ1v) is 10.4. The predicted octanol–water partition coefficient (Wildman–Crippen LogP) is 3.37. The summed E-state index contributed by atoms with van der Waals surface area (Å²) in [4.78, 5) is 21.7. The molecule has 0 atom stereocenters. The van der Waals surface area contributed by atoms with Gasteiger partial charge in [-0.15, -0.1) is 0 Å². The minimum Gasteiger partial charge on any atom is -0.474 e. The van der Waals surface area contributed by atoms with E-state index in [1.54, 1.807) is 18.3 Å². The van der Waals surface area contributed by atoms with E-state index in [-0.39, 0.29) is 12.0 Å². The zero-order valence-corrected chi connectivity index (χ0v) is 16.0. The number of hydrogen-bond donors (Lipinski definition) is 0. The predicted molar refractivity (Wildman–Crippen MR) is 101 cm³/mol. The van der Waals surface area contributed by atoms with Gasteiger partial charge in [0, 0.05) is 50.4 Å². The Bertz CT molecular complexity index is 604. The largest absolute Gasteiger partial charge is 0.474 e.